The average Bonchev–Trinajstić information content (AvgIpc) is 3.29. The molecule has 0 aliphatic rings. The Morgan fingerprint density at radius 3 is 2.72 bits per heavy atom. The molecule has 32 heavy (non-hydrogen) atoms. The van der Waals surface area contributed by atoms with Crippen LogP contribution in [0.15, 0.2) is 60.1 Å². The van der Waals surface area contributed by atoms with Crippen LogP contribution in [0.5, 0.6) is 0 Å². The number of aliphatic hydroxyl groups is 1. The third kappa shape index (κ3) is 4.28. The number of fused-ring (bicyclic) bond motifs is 1. The number of pyridine rings is 1. The van der Waals surface area contributed by atoms with Crippen molar-refractivity contribution in [1.29, 1.82) is 5.26 Å². The number of carbonyl (C=O) groups excluding carboxylic acids is 1. The molecule has 1 atom stereocenters. The van der Waals surface area contributed by atoms with Crippen molar-refractivity contribution >= 4 is 34.1 Å². The molecular weight excluding hydrogens is 422 g/mol. The van der Waals surface area contributed by atoms with E-state index in [4.69, 9.17) is 6.42 Å². The number of carbonyl (C=O) groups is 1. The summed E-state index contributed by atoms with van der Waals surface area (Å²) in [5.74, 6) is 2.75. The van der Waals surface area contributed by atoms with Gasteiger partial charge in [0.1, 0.15) is 5.82 Å². The number of hydrogen-bond donors (Lipinski definition) is 3. The number of nitrogens with zero attached hydrogens (tertiary/aromatic N) is 3. The fourth-order valence-electron chi connectivity index (χ4n) is 3.36. The second-order valence-electron chi connectivity index (χ2n) is 6.81. The first-order valence-corrected chi connectivity index (χ1v) is 10.5. The van der Waals surface area contributed by atoms with E-state index >= 15 is 0 Å². The van der Waals surface area contributed by atoms with Gasteiger partial charge in [-0.1, -0.05) is 36.4 Å². The first-order chi connectivity index (χ1) is 15.6. The second-order valence-corrected chi connectivity index (χ2v) is 7.67. The van der Waals surface area contributed by atoms with Crippen LogP contribution in [0.25, 0.3) is 22.0 Å². The molecule has 2 aromatic carbocycles. The predicted molar refractivity (Wildman–Crippen MR) is 124 cm³/mol. The van der Waals surface area contributed by atoms with Gasteiger partial charge in [0.25, 0.3) is 0 Å². The minimum absolute atomic E-state index is 0.293. The highest BCUT2D eigenvalue weighted by Gasteiger charge is 2.16. The van der Waals surface area contributed by atoms with Crippen LogP contribution < -0.4 is 10.6 Å². The van der Waals surface area contributed by atoms with E-state index in [9.17, 15) is 15.2 Å². The Labute approximate surface area is 188 Å². The molecule has 0 fully saturated rings. The van der Waals surface area contributed by atoms with E-state index in [1.54, 1.807) is 29.8 Å². The standard InChI is InChI=1S/C24H17N5O2S/c1-2-21-28-20(14-32-21)29-24(31)27-19(13-30)15-5-7-16(8-6-15)22-18(12-25)10-9-17-4-3-11-26-23(17)22/h1,3-11,14,19,30H,13H2,(H2,27,29,31). The van der Waals surface area contributed by atoms with Crippen LogP contribution >= 0.6 is 11.3 Å². The lowest BCUT2D eigenvalue weighted by molar-refractivity contribution is 0.225. The maximum Gasteiger partial charge on any atom is 0.320 e. The van der Waals surface area contributed by atoms with Gasteiger partial charge in [-0.2, -0.15) is 5.26 Å². The predicted octanol–water partition coefficient (Wildman–Crippen LogP) is 4.07. The summed E-state index contributed by atoms with van der Waals surface area (Å²) >= 11 is 1.25. The van der Waals surface area contributed by atoms with Gasteiger partial charge in [0.2, 0.25) is 0 Å². The Bertz CT molecular complexity index is 1370. The van der Waals surface area contributed by atoms with E-state index in [1.165, 1.54) is 11.3 Å². The van der Waals surface area contributed by atoms with Gasteiger partial charge in [-0.25, -0.2) is 9.78 Å². The van der Waals surface area contributed by atoms with Crippen LogP contribution in [-0.2, 0) is 0 Å². The van der Waals surface area contributed by atoms with Gasteiger partial charge in [0.15, 0.2) is 5.01 Å². The largest absolute Gasteiger partial charge is 0.394 e. The average molecular weight is 440 g/mol. The highest BCUT2D eigenvalue weighted by Crippen LogP contribution is 2.31. The number of amides is 2. The normalized spacial score (nSPS) is 11.3. The molecule has 7 nitrogen and oxygen atoms in total. The van der Waals surface area contributed by atoms with Crippen LogP contribution in [-0.4, -0.2) is 27.7 Å². The van der Waals surface area contributed by atoms with Gasteiger partial charge in [0, 0.05) is 22.5 Å². The van der Waals surface area contributed by atoms with Crippen molar-refractivity contribution in [3.8, 4) is 29.5 Å². The fourth-order valence-corrected chi connectivity index (χ4v) is 3.91. The highest BCUT2D eigenvalue weighted by molar-refractivity contribution is 7.10. The molecule has 0 spiro atoms. The molecule has 0 saturated carbocycles. The number of rotatable bonds is 5. The number of nitrogens with one attached hydrogen (secondary N) is 2. The monoisotopic (exact) mass is 439 g/mol. The van der Waals surface area contributed by atoms with Crippen molar-refractivity contribution in [1.82, 2.24) is 15.3 Å². The third-order valence-corrected chi connectivity index (χ3v) is 5.63. The first kappa shape index (κ1) is 21.0. The highest BCUT2D eigenvalue weighted by atomic mass is 32.1. The zero-order valence-corrected chi connectivity index (χ0v) is 17.6. The minimum atomic E-state index is -0.629. The zero-order valence-electron chi connectivity index (χ0n) is 16.7. The van der Waals surface area contributed by atoms with E-state index in [-0.39, 0.29) is 6.61 Å². The van der Waals surface area contributed by atoms with Gasteiger partial charge in [-0.05, 0) is 29.2 Å². The summed E-state index contributed by atoms with van der Waals surface area (Å²) in [4.78, 5) is 20.8. The Balaban J connectivity index is 1.56. The van der Waals surface area contributed by atoms with E-state index in [1.807, 2.05) is 30.3 Å². The number of hydrogen-bond acceptors (Lipinski definition) is 6. The molecule has 8 heteroatoms. The summed E-state index contributed by atoms with van der Waals surface area (Å²) in [6.45, 7) is -0.293. The molecule has 2 heterocycles. The quantitative estimate of drug-likeness (QED) is 0.406. The molecular formula is C24H17N5O2S. The Kier molecular flexibility index (Phi) is 6.09. The van der Waals surface area contributed by atoms with Gasteiger partial charge >= 0.3 is 6.03 Å². The molecule has 2 aromatic heterocycles. The van der Waals surface area contributed by atoms with Crippen molar-refractivity contribution in [2.45, 2.75) is 6.04 Å². The van der Waals surface area contributed by atoms with Crippen molar-refractivity contribution in [3.63, 3.8) is 0 Å². The Hall–Kier alpha value is -4.24. The summed E-state index contributed by atoms with van der Waals surface area (Å²) in [5.41, 5.74) is 3.54. The first-order valence-electron chi connectivity index (χ1n) is 9.61. The molecule has 156 valence electrons. The summed E-state index contributed by atoms with van der Waals surface area (Å²) in [7, 11) is 0. The van der Waals surface area contributed by atoms with E-state index in [2.05, 4.69) is 32.6 Å². The number of benzene rings is 2. The van der Waals surface area contributed by atoms with E-state index in [0.717, 1.165) is 22.0 Å². The Morgan fingerprint density at radius 1 is 1.22 bits per heavy atom. The van der Waals surface area contributed by atoms with Crippen molar-refractivity contribution in [2.75, 3.05) is 11.9 Å². The van der Waals surface area contributed by atoms with E-state index < -0.39 is 12.1 Å². The van der Waals surface area contributed by atoms with Gasteiger partial charge < -0.3 is 10.4 Å². The summed E-state index contributed by atoms with van der Waals surface area (Å²) < 4.78 is 0. The molecule has 0 saturated heterocycles. The smallest absolute Gasteiger partial charge is 0.320 e. The maximum absolute atomic E-state index is 12.3. The van der Waals surface area contributed by atoms with Crippen LogP contribution in [0.1, 0.15) is 22.2 Å². The minimum Gasteiger partial charge on any atom is -0.394 e. The summed E-state index contributed by atoms with van der Waals surface area (Å²) in [5, 5.41) is 27.8. The third-order valence-electron chi connectivity index (χ3n) is 4.85. The van der Waals surface area contributed by atoms with Crippen LogP contribution in [0.2, 0.25) is 0 Å². The number of urea groups is 1. The SMILES string of the molecule is C#Cc1nc(NC(=O)NC(CO)c2ccc(-c3c(C#N)ccc4cccnc34)cc2)cs1. The van der Waals surface area contributed by atoms with E-state index in [0.29, 0.717) is 22.0 Å². The molecule has 1 unspecified atom stereocenters. The van der Waals surface area contributed by atoms with Crippen molar-refractivity contribution in [2.24, 2.45) is 0 Å². The molecule has 0 radical (unpaired) electrons. The van der Waals surface area contributed by atoms with Crippen LogP contribution in [0, 0.1) is 23.7 Å². The number of aliphatic hydroxyl groups excluding tert-OH is 1. The molecule has 0 aliphatic heterocycles. The number of anilines is 1. The van der Waals surface area contributed by atoms with Crippen molar-refractivity contribution in [3.05, 3.63) is 76.2 Å². The number of nitriles is 1. The molecule has 3 N–H and O–H groups in total. The lowest BCUT2D eigenvalue weighted by atomic mass is 9.95. The molecule has 4 rings (SSSR count). The second kappa shape index (κ2) is 9.27. The number of aromatic nitrogens is 2. The summed E-state index contributed by atoms with van der Waals surface area (Å²) in [6.07, 6.45) is 6.99. The molecule has 2 amide bonds. The lowest BCUT2D eigenvalue weighted by Gasteiger charge is -2.17. The van der Waals surface area contributed by atoms with Gasteiger partial charge in [-0.3, -0.25) is 10.3 Å². The van der Waals surface area contributed by atoms with Gasteiger partial charge in [0.05, 0.1) is 29.8 Å². The van der Waals surface area contributed by atoms with Crippen LogP contribution in [0.3, 0.4) is 0 Å². The zero-order chi connectivity index (χ0) is 22.5. The topological polar surface area (TPSA) is 111 Å². The van der Waals surface area contributed by atoms with Crippen molar-refractivity contribution < 1.29 is 9.90 Å². The molecule has 0 aliphatic carbocycles. The Morgan fingerprint density at radius 2 is 2.03 bits per heavy atom. The van der Waals surface area contributed by atoms with Crippen LogP contribution in [0.4, 0.5) is 10.6 Å². The summed E-state index contributed by atoms with van der Waals surface area (Å²) in [6, 6.07) is 15.8. The lowest BCUT2D eigenvalue weighted by Crippen LogP contribution is -2.34. The maximum atomic E-state index is 12.3. The van der Waals surface area contributed by atoms with Gasteiger partial charge in [-0.15, -0.1) is 17.8 Å². The molecule has 4 aromatic rings. The fraction of sp³-hybridized carbons (Fsp3) is 0.0833. The molecule has 0 bridgehead atoms. The number of thiazole rings is 1. The number of terminal acetylenes is 1.